The molecule has 1 aliphatic rings. The summed E-state index contributed by atoms with van der Waals surface area (Å²) >= 11 is 0. The van der Waals surface area contributed by atoms with E-state index in [-0.39, 0.29) is 0 Å². The molecule has 6 aromatic carbocycles. The van der Waals surface area contributed by atoms with Gasteiger partial charge in [-0.2, -0.15) is 0 Å². The number of fused-ring (bicyclic) bond motifs is 6. The van der Waals surface area contributed by atoms with Crippen LogP contribution in [0.4, 0.5) is 0 Å². The fourth-order valence-corrected chi connectivity index (χ4v) is 30.6. The van der Waals surface area contributed by atoms with Gasteiger partial charge in [0.25, 0.3) is 0 Å². The summed E-state index contributed by atoms with van der Waals surface area (Å²) in [5.41, 5.74) is 4.07. The highest BCUT2D eigenvalue weighted by Gasteiger charge is 2.41. The number of para-hydroxylation sites is 4. The lowest BCUT2D eigenvalue weighted by Crippen LogP contribution is -2.48. The van der Waals surface area contributed by atoms with Gasteiger partial charge in [-0.15, -0.1) is 0 Å². The molecule has 2 heterocycles. The summed E-state index contributed by atoms with van der Waals surface area (Å²) in [4.78, 5) is 0. The fourth-order valence-electron chi connectivity index (χ4n) is 12.9. The number of hydrogen-bond acceptors (Lipinski definition) is 3. The second-order valence-corrected chi connectivity index (χ2v) is 35.7. The van der Waals surface area contributed by atoms with Crippen LogP contribution < -0.4 is 31.6 Å². The standard InChI is InChI=1S/C66H87NO2P2Si2/c1-7-13-46-72(47-14-8-2,48-15-9-3)55-42-38-53(39-43-55)70(63-36-26-32-59-57-30-22-24-34-61(57)68-65(59)63)67(52-28-20-19-21-29-52)71(64-37-27-33-60-58-31-23-25-35-62(58)69-66(60)64)54-40-44-56(45-41-54)73(49-16-10-4,50-17-11-5)51-18-12-6/h22-27,30-45,52H,7-21,28-29,46-51H2,1-6H3. The number of unbranched alkanes of at least 4 members (excludes halogenated alkanes) is 6. The Hall–Kier alpha value is -3.83. The first-order chi connectivity index (χ1) is 35.9. The lowest BCUT2D eigenvalue weighted by atomic mass is 9.96. The topological polar surface area (TPSA) is 29.5 Å². The normalized spacial score (nSPS) is 14.8. The van der Waals surface area contributed by atoms with E-state index in [9.17, 15) is 0 Å². The Balaban J connectivity index is 1.32. The maximum Gasteiger partial charge on any atom is 0.144 e. The molecule has 2 unspecified atom stereocenters. The fraction of sp³-hybridized carbons (Fsp3) is 0.455. The molecule has 386 valence electrons. The van der Waals surface area contributed by atoms with Crippen LogP contribution in [0.2, 0.25) is 36.3 Å². The lowest BCUT2D eigenvalue weighted by Gasteiger charge is -2.45. The highest BCUT2D eigenvalue weighted by atomic mass is 31.2. The molecule has 0 N–H and O–H groups in total. The van der Waals surface area contributed by atoms with Gasteiger partial charge in [-0.25, -0.2) is 4.44 Å². The van der Waals surface area contributed by atoms with E-state index >= 15 is 0 Å². The molecular weight excluding hydrogens is 957 g/mol. The molecule has 8 aromatic rings. The first-order valence-corrected chi connectivity index (χ1v) is 37.2. The maximum absolute atomic E-state index is 7.18. The van der Waals surface area contributed by atoms with Crippen LogP contribution in [0.5, 0.6) is 0 Å². The Kier molecular flexibility index (Phi) is 19.1. The molecule has 7 heteroatoms. The Morgan fingerprint density at radius 2 is 0.740 bits per heavy atom. The van der Waals surface area contributed by atoms with Crippen LogP contribution in [0.15, 0.2) is 142 Å². The van der Waals surface area contributed by atoms with E-state index in [1.807, 2.05) is 0 Å². The highest BCUT2D eigenvalue weighted by Crippen LogP contribution is 2.59. The summed E-state index contributed by atoms with van der Waals surface area (Å²) in [6.07, 6.45) is 21.9. The molecule has 1 fully saturated rings. The zero-order valence-corrected chi connectivity index (χ0v) is 49.5. The summed E-state index contributed by atoms with van der Waals surface area (Å²) in [5, 5.41) is 13.9. The summed E-state index contributed by atoms with van der Waals surface area (Å²) in [7, 11) is -5.74. The molecule has 0 amide bonds. The third-order valence-corrected chi connectivity index (χ3v) is 33.8. The Labute approximate surface area is 444 Å². The van der Waals surface area contributed by atoms with Crippen molar-refractivity contribution in [2.45, 2.75) is 193 Å². The zero-order chi connectivity index (χ0) is 50.6. The van der Waals surface area contributed by atoms with Gasteiger partial charge in [0.15, 0.2) is 0 Å². The van der Waals surface area contributed by atoms with E-state index in [4.69, 9.17) is 8.83 Å². The first-order valence-electron chi connectivity index (χ1n) is 29.3. The molecular formula is C66H87NO2P2Si2. The van der Waals surface area contributed by atoms with Crippen LogP contribution in [-0.2, 0) is 0 Å². The van der Waals surface area contributed by atoms with Gasteiger partial charge in [0.2, 0.25) is 0 Å². The molecule has 2 aromatic heterocycles. The van der Waals surface area contributed by atoms with Crippen LogP contribution in [-0.4, -0.2) is 26.6 Å². The number of hydrogen-bond donors (Lipinski definition) is 0. The van der Waals surface area contributed by atoms with E-state index in [1.165, 1.54) is 188 Å². The molecule has 2 atom stereocenters. The number of benzene rings is 6. The molecule has 0 bridgehead atoms. The molecule has 0 spiro atoms. The van der Waals surface area contributed by atoms with Crippen LogP contribution in [0.1, 0.15) is 151 Å². The van der Waals surface area contributed by atoms with E-state index < -0.39 is 32.3 Å². The minimum Gasteiger partial charge on any atom is -0.455 e. The Bertz CT molecular complexity index is 2730. The van der Waals surface area contributed by atoms with Gasteiger partial charge >= 0.3 is 0 Å². The summed E-state index contributed by atoms with van der Waals surface area (Å²) in [6, 6.07) is 61.7. The molecule has 1 saturated carbocycles. The number of rotatable bonds is 27. The van der Waals surface area contributed by atoms with Crippen molar-refractivity contribution in [3.63, 3.8) is 0 Å². The Morgan fingerprint density at radius 3 is 1.10 bits per heavy atom. The zero-order valence-electron chi connectivity index (χ0n) is 45.7. The van der Waals surface area contributed by atoms with Crippen LogP contribution in [0, 0.1) is 0 Å². The molecule has 0 saturated heterocycles. The first kappa shape index (κ1) is 54.0. The maximum atomic E-state index is 7.18. The van der Waals surface area contributed by atoms with E-state index in [1.54, 1.807) is 10.4 Å². The van der Waals surface area contributed by atoms with Gasteiger partial charge in [0, 0.05) is 54.3 Å². The summed E-state index contributed by atoms with van der Waals surface area (Å²) < 4.78 is 17.5. The van der Waals surface area contributed by atoms with Gasteiger partial charge in [-0.1, -0.05) is 294 Å². The monoisotopic (exact) mass is 1040 g/mol. The van der Waals surface area contributed by atoms with Crippen molar-refractivity contribution in [1.82, 2.24) is 4.44 Å². The largest absolute Gasteiger partial charge is 0.455 e. The quantitative estimate of drug-likeness (QED) is 0.0380. The average molecular weight is 1040 g/mol. The predicted octanol–water partition coefficient (Wildman–Crippen LogP) is 18.6. The van der Waals surface area contributed by atoms with Crippen molar-refractivity contribution >= 4 is 108 Å². The van der Waals surface area contributed by atoms with Gasteiger partial charge < -0.3 is 8.83 Å². The lowest BCUT2D eigenvalue weighted by molar-refractivity contribution is 0.355. The third-order valence-electron chi connectivity index (χ3n) is 17.0. The average Bonchev–Trinajstić information content (AvgIpc) is 4.03. The van der Waals surface area contributed by atoms with E-state index in [0.29, 0.717) is 6.04 Å². The smallest absolute Gasteiger partial charge is 0.144 e. The molecule has 0 radical (unpaired) electrons. The van der Waals surface area contributed by atoms with Crippen molar-refractivity contribution in [3.8, 4) is 0 Å². The summed E-state index contributed by atoms with van der Waals surface area (Å²) in [6.45, 7) is 14.4. The molecule has 1 aliphatic carbocycles. The Morgan fingerprint density at radius 1 is 0.397 bits per heavy atom. The van der Waals surface area contributed by atoms with Crippen molar-refractivity contribution in [3.05, 3.63) is 133 Å². The summed E-state index contributed by atoms with van der Waals surface area (Å²) in [5.74, 6) is 0. The van der Waals surface area contributed by atoms with Crippen LogP contribution >= 0.6 is 16.1 Å². The highest BCUT2D eigenvalue weighted by molar-refractivity contribution is 7.85. The van der Waals surface area contributed by atoms with Gasteiger partial charge in [0.05, 0.1) is 16.1 Å². The van der Waals surface area contributed by atoms with Crippen molar-refractivity contribution in [2.75, 3.05) is 0 Å². The predicted molar refractivity (Wildman–Crippen MR) is 330 cm³/mol. The molecule has 0 aliphatic heterocycles. The number of furan rings is 2. The van der Waals surface area contributed by atoms with Crippen molar-refractivity contribution in [1.29, 1.82) is 0 Å². The number of nitrogens with zero attached hydrogens (tertiary/aromatic N) is 1. The van der Waals surface area contributed by atoms with E-state index in [0.717, 1.165) is 22.3 Å². The van der Waals surface area contributed by atoms with Crippen molar-refractivity contribution in [2.24, 2.45) is 0 Å². The molecule has 9 rings (SSSR count). The molecule has 73 heavy (non-hydrogen) atoms. The van der Waals surface area contributed by atoms with Crippen molar-refractivity contribution < 1.29 is 8.83 Å². The second-order valence-electron chi connectivity index (χ2n) is 22.0. The molecule has 3 nitrogen and oxygen atoms in total. The second kappa shape index (κ2) is 25.8. The SMILES string of the molecule is CCCC[Si](CCCC)(CCCC)c1ccc(P(c2cccc3c2oc2ccccc23)N(C2CCCCC2)P(c2ccc([Si](CCCC)(CCCC)CCCC)cc2)c2cccc3c2oc2ccccc23)cc1. The van der Waals surface area contributed by atoms with Gasteiger partial charge in [0.1, 0.15) is 22.3 Å². The van der Waals surface area contributed by atoms with Crippen LogP contribution in [0.25, 0.3) is 43.9 Å². The van der Waals surface area contributed by atoms with Crippen LogP contribution in [0.3, 0.4) is 0 Å². The minimum atomic E-state index is -1.75. The van der Waals surface area contributed by atoms with Gasteiger partial charge in [-0.05, 0) is 47.7 Å². The van der Waals surface area contributed by atoms with E-state index in [2.05, 4.69) is 179 Å². The third kappa shape index (κ3) is 11.6. The van der Waals surface area contributed by atoms with Gasteiger partial charge in [-0.3, -0.25) is 0 Å². The minimum absolute atomic E-state index is 0.392.